The Morgan fingerprint density at radius 2 is 1.52 bits per heavy atom. The number of hydrogen-bond donors (Lipinski definition) is 2. The third-order valence-corrected chi connectivity index (χ3v) is 12.5. The van der Waals surface area contributed by atoms with E-state index in [0.717, 1.165) is 16.7 Å². The minimum absolute atomic E-state index is 0.0356. The molecule has 3 atom stereocenters. The van der Waals surface area contributed by atoms with Gasteiger partial charge in [-0.15, -0.1) is 0 Å². The highest BCUT2D eigenvalue weighted by molar-refractivity contribution is 6.30. The molecule has 4 aromatic rings. The van der Waals surface area contributed by atoms with Crippen LogP contribution in [0.25, 0.3) is 0 Å². The molecule has 6 amide bonds. The first-order chi connectivity index (χ1) is 29.7. The molecule has 0 aliphatic carbocycles. The van der Waals surface area contributed by atoms with Gasteiger partial charge >= 0.3 is 6.03 Å². The van der Waals surface area contributed by atoms with Crippen LogP contribution in [0.5, 0.6) is 5.75 Å². The number of piperazine rings is 1. The number of halogens is 2. The number of aliphatic imine (C=N–C) groups is 1. The Morgan fingerprint density at radius 1 is 0.855 bits per heavy atom. The summed E-state index contributed by atoms with van der Waals surface area (Å²) in [4.78, 5) is 78.6. The van der Waals surface area contributed by atoms with Crippen molar-refractivity contribution < 1.29 is 28.7 Å². The third-order valence-electron chi connectivity index (χ3n) is 12.0. The van der Waals surface area contributed by atoms with E-state index in [1.165, 1.54) is 4.90 Å². The number of piperidine rings is 1. The molecule has 4 aliphatic heterocycles. The Bertz CT molecular complexity index is 2440. The molecule has 0 spiro atoms. The van der Waals surface area contributed by atoms with Crippen molar-refractivity contribution in [2.24, 2.45) is 4.99 Å². The van der Waals surface area contributed by atoms with E-state index in [9.17, 15) is 19.2 Å². The summed E-state index contributed by atoms with van der Waals surface area (Å²) in [5.41, 5.74) is 5.13. The van der Waals surface area contributed by atoms with Crippen LogP contribution < -0.4 is 15.4 Å². The molecule has 0 bridgehead atoms. The molecule has 15 heteroatoms. The van der Waals surface area contributed by atoms with Crippen molar-refractivity contribution in [2.75, 3.05) is 44.6 Å². The molecule has 322 valence electrons. The van der Waals surface area contributed by atoms with Crippen molar-refractivity contribution in [1.82, 2.24) is 24.9 Å². The highest BCUT2D eigenvalue weighted by Gasteiger charge is 2.45. The average Bonchev–Trinajstić information content (AvgIpc) is 3.81. The zero-order valence-corrected chi connectivity index (χ0v) is 36.6. The number of carbonyl (C=O) groups excluding carboxylic acids is 5. The van der Waals surface area contributed by atoms with Crippen LogP contribution in [0.15, 0.2) is 89.9 Å². The predicted molar refractivity (Wildman–Crippen MR) is 238 cm³/mol. The molecule has 62 heavy (non-hydrogen) atoms. The number of anilines is 1. The van der Waals surface area contributed by atoms with Crippen LogP contribution in [0.4, 0.5) is 10.5 Å². The van der Waals surface area contributed by atoms with Crippen molar-refractivity contribution in [3.8, 4) is 5.75 Å². The van der Waals surface area contributed by atoms with Gasteiger partial charge in [-0.2, -0.15) is 0 Å². The number of nitrogens with zero attached hydrogens (tertiary/aromatic N) is 5. The summed E-state index contributed by atoms with van der Waals surface area (Å²) >= 11 is 12.7. The monoisotopic (exact) mass is 877 g/mol. The van der Waals surface area contributed by atoms with Crippen LogP contribution in [0, 0.1) is 0 Å². The van der Waals surface area contributed by atoms with Gasteiger partial charge < -0.3 is 24.8 Å². The van der Waals surface area contributed by atoms with E-state index in [0.29, 0.717) is 63.7 Å². The predicted octanol–water partition coefficient (Wildman–Crippen LogP) is 7.37. The standard InChI is InChI=1S/C47H49Cl2N7O6/c1-5-62-38-25-30(47(2,3)4)13-18-34(38)43-52-41(28-9-14-31(48)15-10-28)42(29-11-16-32(49)17-12-29)56(43)46(61)54-23-21-53(22-24-54)40(58)26-50-36-8-6-7-33-35(36)27-55(45(33)60)37-19-20-39(57)51-44(37)59/h6-18,25,37,41-42,50H,5,19-24,26-27H2,1-4H3,(H,51,57,59). The van der Waals surface area contributed by atoms with Gasteiger partial charge in [0, 0.05) is 66.0 Å². The fourth-order valence-electron chi connectivity index (χ4n) is 8.64. The van der Waals surface area contributed by atoms with E-state index >= 15 is 4.79 Å². The number of amides is 6. The number of nitrogens with one attached hydrogen (secondary N) is 2. The second-order valence-electron chi connectivity index (χ2n) is 16.9. The van der Waals surface area contributed by atoms with E-state index in [2.05, 4.69) is 37.5 Å². The first-order valence-corrected chi connectivity index (χ1v) is 21.7. The normalized spacial score (nSPS) is 20.3. The van der Waals surface area contributed by atoms with Crippen molar-refractivity contribution in [2.45, 2.75) is 70.6 Å². The molecule has 0 radical (unpaired) electrons. The fourth-order valence-corrected chi connectivity index (χ4v) is 8.89. The number of carbonyl (C=O) groups is 5. The number of fused-ring (bicyclic) bond motifs is 1. The van der Waals surface area contributed by atoms with Crippen LogP contribution in [-0.2, 0) is 26.3 Å². The summed E-state index contributed by atoms with van der Waals surface area (Å²) in [5, 5.41) is 6.72. The maximum Gasteiger partial charge on any atom is 0.326 e. The minimum Gasteiger partial charge on any atom is -0.493 e. The summed E-state index contributed by atoms with van der Waals surface area (Å²) in [6.07, 6.45) is 0.421. The Morgan fingerprint density at radius 3 is 2.16 bits per heavy atom. The summed E-state index contributed by atoms with van der Waals surface area (Å²) in [6.45, 7) is 10.1. The summed E-state index contributed by atoms with van der Waals surface area (Å²) in [6, 6.07) is 24.3. The maximum atomic E-state index is 15.2. The quantitative estimate of drug-likeness (QED) is 0.167. The van der Waals surface area contributed by atoms with Gasteiger partial charge in [0.25, 0.3) is 5.91 Å². The van der Waals surface area contributed by atoms with E-state index in [1.807, 2.05) is 67.6 Å². The second kappa shape index (κ2) is 17.5. The first kappa shape index (κ1) is 42.8. The summed E-state index contributed by atoms with van der Waals surface area (Å²) < 4.78 is 6.27. The summed E-state index contributed by atoms with van der Waals surface area (Å²) in [7, 11) is 0. The first-order valence-electron chi connectivity index (χ1n) is 20.9. The molecule has 4 aromatic carbocycles. The molecule has 2 saturated heterocycles. The largest absolute Gasteiger partial charge is 0.493 e. The van der Waals surface area contributed by atoms with Crippen LogP contribution >= 0.6 is 23.2 Å². The van der Waals surface area contributed by atoms with Crippen LogP contribution in [-0.4, -0.2) is 100 Å². The molecule has 4 aliphatic rings. The molecule has 0 saturated carbocycles. The second-order valence-corrected chi connectivity index (χ2v) is 17.8. The van der Waals surface area contributed by atoms with Crippen LogP contribution in [0.3, 0.4) is 0 Å². The topological polar surface area (TPSA) is 144 Å². The van der Waals surface area contributed by atoms with Gasteiger partial charge in [-0.1, -0.05) is 80.4 Å². The lowest BCUT2D eigenvalue weighted by Crippen LogP contribution is -2.55. The lowest BCUT2D eigenvalue weighted by Gasteiger charge is -2.39. The molecule has 13 nitrogen and oxygen atoms in total. The molecule has 4 heterocycles. The molecular formula is C47H49Cl2N7O6. The van der Waals surface area contributed by atoms with Gasteiger partial charge in [-0.3, -0.25) is 34.4 Å². The Kier molecular flexibility index (Phi) is 12.0. The van der Waals surface area contributed by atoms with Gasteiger partial charge in [0.05, 0.1) is 24.8 Å². The molecular weight excluding hydrogens is 829 g/mol. The zero-order valence-electron chi connectivity index (χ0n) is 35.1. The molecule has 2 N–H and O–H groups in total. The fraction of sp³-hybridized carbons (Fsp3) is 0.362. The van der Waals surface area contributed by atoms with Crippen molar-refractivity contribution in [3.63, 3.8) is 0 Å². The van der Waals surface area contributed by atoms with E-state index < -0.39 is 24.0 Å². The highest BCUT2D eigenvalue weighted by atomic mass is 35.5. The van der Waals surface area contributed by atoms with Crippen molar-refractivity contribution >= 4 is 64.4 Å². The highest BCUT2D eigenvalue weighted by Crippen LogP contribution is 2.46. The van der Waals surface area contributed by atoms with Crippen molar-refractivity contribution in [1.29, 1.82) is 0 Å². The van der Waals surface area contributed by atoms with Crippen LogP contribution in [0.1, 0.15) is 90.8 Å². The summed E-state index contributed by atoms with van der Waals surface area (Å²) in [5.74, 6) is -0.171. The number of ether oxygens (including phenoxy) is 1. The van der Waals surface area contributed by atoms with Crippen LogP contribution in [0.2, 0.25) is 10.0 Å². The lowest BCUT2D eigenvalue weighted by molar-refractivity contribution is -0.137. The number of urea groups is 1. The van der Waals surface area contributed by atoms with Gasteiger partial charge in [0.2, 0.25) is 17.7 Å². The number of imide groups is 1. The molecule has 8 rings (SSSR count). The van der Waals surface area contributed by atoms with Gasteiger partial charge in [-0.25, -0.2) is 4.79 Å². The maximum absolute atomic E-state index is 15.2. The van der Waals surface area contributed by atoms with E-state index in [1.54, 1.807) is 32.9 Å². The smallest absolute Gasteiger partial charge is 0.326 e. The van der Waals surface area contributed by atoms with Gasteiger partial charge in [0.15, 0.2) is 0 Å². The number of hydrogen-bond acceptors (Lipinski definition) is 8. The van der Waals surface area contributed by atoms with E-state index in [4.69, 9.17) is 32.9 Å². The van der Waals surface area contributed by atoms with Gasteiger partial charge in [-0.05, 0) is 84.0 Å². The van der Waals surface area contributed by atoms with Gasteiger partial charge in [0.1, 0.15) is 23.7 Å². The Hall–Kier alpha value is -5.92. The molecule has 3 unspecified atom stereocenters. The Balaban J connectivity index is 1.02. The minimum atomic E-state index is -0.741. The molecule has 2 fully saturated rings. The number of rotatable bonds is 9. The molecule has 0 aromatic heterocycles. The lowest BCUT2D eigenvalue weighted by atomic mass is 9.86. The number of benzene rings is 4. The van der Waals surface area contributed by atoms with Crippen molar-refractivity contribution in [3.05, 3.63) is 128 Å². The third kappa shape index (κ3) is 8.48. The SMILES string of the molecule is CCOc1cc(C(C)(C)C)ccc1C1=NC(c2ccc(Cl)cc2)C(c2ccc(Cl)cc2)N1C(=O)N1CCN(C(=O)CNc2cccc3c2CN(C2CCC(=O)NC2=O)C3=O)CC1. The van der Waals surface area contributed by atoms with E-state index in [-0.39, 0.29) is 68.2 Å². The average molecular weight is 879 g/mol. The Labute approximate surface area is 371 Å². The zero-order chi connectivity index (χ0) is 43.9. The number of amidine groups is 1.